The number of rotatable bonds is 14. The highest BCUT2D eigenvalue weighted by Gasteiger charge is 2.04. The third-order valence-electron chi connectivity index (χ3n) is 3.29. The summed E-state index contributed by atoms with van der Waals surface area (Å²) < 4.78 is 15.4. The SMILES string of the molecule is C=CC(=O)OCCC(=O)OCCCCCCOc1ccc(OOC)cc1. The Morgan fingerprint density at radius 1 is 0.923 bits per heavy atom. The zero-order valence-corrected chi connectivity index (χ0v) is 15.1. The van der Waals surface area contributed by atoms with E-state index in [-0.39, 0.29) is 19.0 Å². The topological polar surface area (TPSA) is 80.3 Å². The smallest absolute Gasteiger partial charge is 0.330 e. The highest BCUT2D eigenvalue weighted by Crippen LogP contribution is 2.17. The van der Waals surface area contributed by atoms with Crippen molar-refractivity contribution in [2.24, 2.45) is 0 Å². The van der Waals surface area contributed by atoms with Crippen LogP contribution < -0.4 is 9.62 Å². The van der Waals surface area contributed by atoms with Gasteiger partial charge in [-0.25, -0.2) is 4.79 Å². The summed E-state index contributed by atoms with van der Waals surface area (Å²) in [5.74, 6) is 0.484. The molecule has 7 heteroatoms. The summed E-state index contributed by atoms with van der Waals surface area (Å²) in [6, 6.07) is 7.18. The number of ether oxygens (including phenoxy) is 3. The van der Waals surface area contributed by atoms with Crippen molar-refractivity contribution in [2.75, 3.05) is 26.9 Å². The lowest BCUT2D eigenvalue weighted by atomic mass is 10.2. The summed E-state index contributed by atoms with van der Waals surface area (Å²) in [5, 5.41) is 0. The van der Waals surface area contributed by atoms with Gasteiger partial charge in [0.1, 0.15) is 12.4 Å². The molecule has 26 heavy (non-hydrogen) atoms. The molecule has 1 aromatic carbocycles. The van der Waals surface area contributed by atoms with E-state index in [0.29, 0.717) is 19.0 Å². The van der Waals surface area contributed by atoms with Gasteiger partial charge in [-0.3, -0.25) is 4.79 Å². The summed E-state index contributed by atoms with van der Waals surface area (Å²) in [4.78, 5) is 31.6. The van der Waals surface area contributed by atoms with E-state index in [0.717, 1.165) is 37.5 Å². The molecule has 0 spiro atoms. The Labute approximate surface area is 153 Å². The Morgan fingerprint density at radius 2 is 1.58 bits per heavy atom. The van der Waals surface area contributed by atoms with Crippen molar-refractivity contribution in [2.45, 2.75) is 32.1 Å². The van der Waals surface area contributed by atoms with Gasteiger partial charge in [-0.2, -0.15) is 4.89 Å². The van der Waals surface area contributed by atoms with Crippen LogP contribution in [0.4, 0.5) is 0 Å². The molecule has 0 N–H and O–H groups in total. The summed E-state index contributed by atoms with van der Waals surface area (Å²) in [6.45, 7) is 4.28. The van der Waals surface area contributed by atoms with Gasteiger partial charge in [-0.1, -0.05) is 6.58 Å². The molecule has 7 nitrogen and oxygen atoms in total. The van der Waals surface area contributed by atoms with Crippen LogP contribution in [0.3, 0.4) is 0 Å². The predicted molar refractivity (Wildman–Crippen MR) is 94.8 cm³/mol. The second-order valence-electron chi connectivity index (χ2n) is 5.33. The van der Waals surface area contributed by atoms with E-state index >= 15 is 0 Å². The van der Waals surface area contributed by atoms with Gasteiger partial charge in [0.25, 0.3) is 0 Å². The molecule has 0 atom stereocenters. The van der Waals surface area contributed by atoms with Gasteiger partial charge >= 0.3 is 11.9 Å². The Balaban J connectivity index is 1.95. The van der Waals surface area contributed by atoms with Crippen LogP contribution >= 0.6 is 0 Å². The first-order valence-corrected chi connectivity index (χ1v) is 8.54. The van der Waals surface area contributed by atoms with Gasteiger partial charge < -0.3 is 19.1 Å². The summed E-state index contributed by atoms with van der Waals surface area (Å²) in [6.07, 6.45) is 4.76. The second-order valence-corrected chi connectivity index (χ2v) is 5.33. The second kappa shape index (κ2) is 13.7. The highest BCUT2D eigenvalue weighted by molar-refractivity contribution is 5.81. The maximum atomic E-state index is 11.4. The van der Waals surface area contributed by atoms with Crippen LogP contribution in [0.15, 0.2) is 36.9 Å². The number of esters is 2. The van der Waals surface area contributed by atoms with Crippen LogP contribution in [0.5, 0.6) is 11.5 Å². The molecule has 0 aliphatic carbocycles. The minimum absolute atomic E-state index is 0.0135. The van der Waals surface area contributed by atoms with E-state index in [2.05, 4.69) is 11.5 Å². The Bertz CT molecular complexity index is 539. The highest BCUT2D eigenvalue weighted by atomic mass is 17.2. The molecule has 0 fully saturated rings. The van der Waals surface area contributed by atoms with Crippen LogP contribution in [0.25, 0.3) is 0 Å². The monoisotopic (exact) mass is 366 g/mol. The molecule has 0 amide bonds. The minimum atomic E-state index is -0.542. The zero-order valence-electron chi connectivity index (χ0n) is 15.1. The molecule has 0 saturated carbocycles. The van der Waals surface area contributed by atoms with Crippen LogP contribution in [-0.2, 0) is 24.0 Å². The van der Waals surface area contributed by atoms with E-state index in [4.69, 9.17) is 19.1 Å². The van der Waals surface area contributed by atoms with Gasteiger partial charge in [0.15, 0.2) is 5.75 Å². The van der Waals surface area contributed by atoms with E-state index in [1.54, 1.807) is 12.1 Å². The van der Waals surface area contributed by atoms with E-state index in [1.807, 2.05) is 12.1 Å². The first-order chi connectivity index (χ1) is 12.7. The number of benzene rings is 1. The van der Waals surface area contributed by atoms with Crippen molar-refractivity contribution in [3.8, 4) is 11.5 Å². The van der Waals surface area contributed by atoms with Crippen molar-refractivity contribution >= 4 is 11.9 Å². The molecule has 144 valence electrons. The molecule has 0 radical (unpaired) electrons. The maximum absolute atomic E-state index is 11.4. The standard InChI is InChI=1S/C19H26O7/c1-3-18(20)25-15-12-19(21)24-14-7-5-4-6-13-23-16-8-10-17(11-9-16)26-22-2/h3,8-11H,1,4-7,12-15H2,2H3. The third kappa shape index (κ3) is 10.4. The third-order valence-corrected chi connectivity index (χ3v) is 3.29. The number of hydrogen-bond acceptors (Lipinski definition) is 7. The van der Waals surface area contributed by atoms with Gasteiger partial charge in [-0.05, 0) is 49.9 Å². The Morgan fingerprint density at radius 3 is 2.23 bits per heavy atom. The molecule has 1 rings (SSSR count). The number of carbonyl (C=O) groups is 2. The summed E-state index contributed by atoms with van der Waals surface area (Å²) in [7, 11) is 1.45. The number of carbonyl (C=O) groups excluding carboxylic acids is 2. The van der Waals surface area contributed by atoms with Crippen molar-refractivity contribution < 1.29 is 33.6 Å². The van der Waals surface area contributed by atoms with Crippen molar-refractivity contribution in [3.63, 3.8) is 0 Å². The lowest BCUT2D eigenvalue weighted by Gasteiger charge is -2.07. The van der Waals surface area contributed by atoms with Gasteiger partial charge in [0.2, 0.25) is 0 Å². The molecule has 0 aromatic heterocycles. The number of unbranched alkanes of at least 4 members (excludes halogenated alkanes) is 3. The van der Waals surface area contributed by atoms with Crippen LogP contribution in [0.2, 0.25) is 0 Å². The number of hydrogen-bond donors (Lipinski definition) is 0. The fourth-order valence-corrected chi connectivity index (χ4v) is 1.99. The lowest BCUT2D eigenvalue weighted by Crippen LogP contribution is -2.11. The Kier molecular flexibility index (Phi) is 11.3. The fourth-order valence-electron chi connectivity index (χ4n) is 1.99. The first-order valence-electron chi connectivity index (χ1n) is 8.54. The average molecular weight is 366 g/mol. The van der Waals surface area contributed by atoms with E-state index in [9.17, 15) is 9.59 Å². The summed E-state index contributed by atoms with van der Waals surface area (Å²) >= 11 is 0. The maximum Gasteiger partial charge on any atom is 0.330 e. The fraction of sp³-hybridized carbons (Fsp3) is 0.474. The molecule has 0 saturated heterocycles. The minimum Gasteiger partial charge on any atom is -0.494 e. The zero-order chi connectivity index (χ0) is 19.0. The average Bonchev–Trinajstić information content (AvgIpc) is 2.65. The van der Waals surface area contributed by atoms with Gasteiger partial charge in [-0.15, -0.1) is 0 Å². The molecule has 0 aliphatic heterocycles. The molecule has 0 aliphatic rings. The van der Waals surface area contributed by atoms with Crippen molar-refractivity contribution in [1.29, 1.82) is 0 Å². The van der Waals surface area contributed by atoms with Crippen LogP contribution in [-0.4, -0.2) is 38.9 Å². The molecule has 0 heterocycles. The van der Waals surface area contributed by atoms with Crippen molar-refractivity contribution in [1.82, 2.24) is 0 Å². The van der Waals surface area contributed by atoms with Crippen molar-refractivity contribution in [3.05, 3.63) is 36.9 Å². The molecule has 0 bridgehead atoms. The van der Waals surface area contributed by atoms with Gasteiger partial charge in [0, 0.05) is 6.08 Å². The molecular formula is C19H26O7. The summed E-state index contributed by atoms with van der Waals surface area (Å²) in [5.41, 5.74) is 0. The van der Waals surface area contributed by atoms with E-state index < -0.39 is 5.97 Å². The Hall–Kier alpha value is -2.54. The first kappa shape index (κ1) is 21.5. The van der Waals surface area contributed by atoms with Crippen LogP contribution in [0.1, 0.15) is 32.1 Å². The molecule has 1 aromatic rings. The normalized spacial score (nSPS) is 10.0. The quantitative estimate of drug-likeness (QED) is 0.164. The van der Waals surface area contributed by atoms with Gasteiger partial charge in [0.05, 0.1) is 26.7 Å². The van der Waals surface area contributed by atoms with E-state index in [1.165, 1.54) is 7.11 Å². The van der Waals surface area contributed by atoms with Crippen LogP contribution in [0, 0.1) is 0 Å². The molecule has 0 unspecified atom stereocenters. The lowest BCUT2D eigenvalue weighted by molar-refractivity contribution is -0.178. The predicted octanol–water partition coefficient (Wildman–Crippen LogP) is 3.23. The molecular weight excluding hydrogens is 340 g/mol. The largest absolute Gasteiger partial charge is 0.494 e.